The summed E-state index contributed by atoms with van der Waals surface area (Å²) < 4.78 is 6.28. The Labute approximate surface area is 116 Å². The first-order chi connectivity index (χ1) is 8.53. The van der Waals surface area contributed by atoms with Crippen LogP contribution in [0.3, 0.4) is 0 Å². The fourth-order valence-corrected chi connectivity index (χ4v) is 3.49. The molecule has 0 bridgehead atoms. The molecule has 0 saturated heterocycles. The lowest BCUT2D eigenvalue weighted by Crippen LogP contribution is -2.54. The van der Waals surface area contributed by atoms with Crippen molar-refractivity contribution < 1.29 is 19.4 Å². The van der Waals surface area contributed by atoms with Crippen LogP contribution in [0.25, 0.3) is 0 Å². The average Bonchev–Trinajstić information content (AvgIpc) is 2.19. The molecule has 0 aromatic carbocycles. The molecule has 1 fully saturated rings. The minimum atomic E-state index is -1.96. The van der Waals surface area contributed by atoms with E-state index in [1.165, 1.54) is 0 Å². The molecule has 19 heavy (non-hydrogen) atoms. The molecule has 3 N–H and O–H groups in total. The van der Waals surface area contributed by atoms with Gasteiger partial charge in [-0.1, -0.05) is 20.8 Å². The van der Waals surface area contributed by atoms with Crippen molar-refractivity contribution in [3.8, 4) is 0 Å². The third kappa shape index (κ3) is 4.47. The second-order valence-electron chi connectivity index (χ2n) is 6.94. The summed E-state index contributed by atoms with van der Waals surface area (Å²) >= 11 is 0. The number of hydrogen-bond acceptors (Lipinski definition) is 3. The van der Waals surface area contributed by atoms with Crippen molar-refractivity contribution in [1.29, 1.82) is 0 Å². The van der Waals surface area contributed by atoms with Crippen LogP contribution in [0.4, 0.5) is 4.79 Å². The quantitative estimate of drug-likeness (QED) is 0.698. The Morgan fingerprint density at radius 3 is 2.37 bits per heavy atom. The Bertz CT molecular complexity index is 327. The van der Waals surface area contributed by atoms with E-state index < -0.39 is 14.4 Å². The van der Waals surface area contributed by atoms with Crippen molar-refractivity contribution >= 4 is 14.4 Å². The number of aliphatic hydroxyl groups excluding tert-OH is 1. The van der Waals surface area contributed by atoms with Crippen LogP contribution in [0, 0.1) is 0 Å². The molecule has 1 saturated carbocycles. The molecule has 0 spiro atoms. The normalized spacial score (nSPS) is 29.1. The number of aliphatic hydroxyl groups is 1. The van der Waals surface area contributed by atoms with E-state index in [0.717, 1.165) is 0 Å². The van der Waals surface area contributed by atoms with Crippen LogP contribution in [-0.2, 0) is 4.43 Å². The highest BCUT2D eigenvalue weighted by atomic mass is 28.4. The molecular weight excluding hydrogens is 262 g/mol. The van der Waals surface area contributed by atoms with Crippen LogP contribution in [0.1, 0.15) is 40.0 Å². The fourth-order valence-electron chi connectivity index (χ4n) is 2.12. The number of rotatable bonds is 3. The van der Waals surface area contributed by atoms with Gasteiger partial charge < -0.3 is 20.0 Å². The molecule has 0 radical (unpaired) electrons. The monoisotopic (exact) mass is 289 g/mol. The summed E-state index contributed by atoms with van der Waals surface area (Å²) in [6.07, 6.45) is 0.138. The SMILES string of the molecule is CC(C)(C)[Si](C)(C)O[C@@H]1C[C@@H](O)CC[C@H]1NC(=O)O. The minimum absolute atomic E-state index is 0.0726. The van der Waals surface area contributed by atoms with E-state index in [-0.39, 0.29) is 23.3 Å². The highest BCUT2D eigenvalue weighted by Crippen LogP contribution is 2.39. The second-order valence-corrected chi connectivity index (χ2v) is 11.7. The summed E-state index contributed by atoms with van der Waals surface area (Å²) in [6.45, 7) is 10.7. The minimum Gasteiger partial charge on any atom is -0.465 e. The summed E-state index contributed by atoms with van der Waals surface area (Å²) in [4.78, 5) is 10.8. The van der Waals surface area contributed by atoms with Crippen molar-refractivity contribution in [2.24, 2.45) is 0 Å². The van der Waals surface area contributed by atoms with Crippen molar-refractivity contribution in [3.05, 3.63) is 0 Å². The molecule has 112 valence electrons. The molecule has 3 atom stereocenters. The van der Waals surface area contributed by atoms with Gasteiger partial charge in [0.05, 0.1) is 18.2 Å². The highest BCUT2D eigenvalue weighted by Gasteiger charge is 2.42. The zero-order chi connectivity index (χ0) is 14.8. The lowest BCUT2D eigenvalue weighted by Gasteiger charge is -2.43. The summed E-state index contributed by atoms with van der Waals surface area (Å²) in [5.74, 6) is 0. The van der Waals surface area contributed by atoms with E-state index in [2.05, 4.69) is 39.2 Å². The zero-order valence-electron chi connectivity index (χ0n) is 12.6. The third-order valence-corrected chi connectivity index (χ3v) is 8.83. The van der Waals surface area contributed by atoms with E-state index in [0.29, 0.717) is 19.3 Å². The first-order valence-corrected chi connectivity index (χ1v) is 9.79. The second kappa shape index (κ2) is 5.81. The number of carboxylic acid groups (broad SMARTS) is 1. The van der Waals surface area contributed by atoms with Gasteiger partial charge in [-0.3, -0.25) is 0 Å². The topological polar surface area (TPSA) is 78.8 Å². The zero-order valence-corrected chi connectivity index (χ0v) is 13.6. The van der Waals surface area contributed by atoms with Crippen molar-refractivity contribution in [2.75, 3.05) is 0 Å². The molecule has 5 nitrogen and oxygen atoms in total. The summed E-state index contributed by atoms with van der Waals surface area (Å²) in [5.41, 5.74) is 0. The van der Waals surface area contributed by atoms with E-state index in [1.807, 2.05) is 0 Å². The summed E-state index contributed by atoms with van der Waals surface area (Å²) in [5, 5.41) is 21.3. The van der Waals surface area contributed by atoms with Gasteiger partial charge in [-0.05, 0) is 31.0 Å². The van der Waals surface area contributed by atoms with Crippen LogP contribution < -0.4 is 5.32 Å². The fraction of sp³-hybridized carbons (Fsp3) is 0.923. The van der Waals surface area contributed by atoms with Gasteiger partial charge in [-0.15, -0.1) is 0 Å². The number of amides is 1. The van der Waals surface area contributed by atoms with Gasteiger partial charge in [0.15, 0.2) is 8.32 Å². The maximum atomic E-state index is 10.8. The Morgan fingerprint density at radius 2 is 1.89 bits per heavy atom. The molecule has 0 unspecified atom stereocenters. The van der Waals surface area contributed by atoms with Gasteiger partial charge in [0.1, 0.15) is 0 Å². The largest absolute Gasteiger partial charge is 0.465 e. The van der Waals surface area contributed by atoms with Gasteiger partial charge in [-0.2, -0.15) is 0 Å². The van der Waals surface area contributed by atoms with Crippen molar-refractivity contribution in [1.82, 2.24) is 5.32 Å². The molecule has 1 aliphatic carbocycles. The van der Waals surface area contributed by atoms with Crippen LogP contribution in [0.5, 0.6) is 0 Å². The van der Waals surface area contributed by atoms with Crippen LogP contribution >= 0.6 is 0 Å². The highest BCUT2D eigenvalue weighted by molar-refractivity contribution is 6.74. The van der Waals surface area contributed by atoms with Gasteiger partial charge in [0, 0.05) is 6.42 Å². The third-order valence-electron chi connectivity index (χ3n) is 4.33. The van der Waals surface area contributed by atoms with E-state index in [9.17, 15) is 9.90 Å². The lowest BCUT2D eigenvalue weighted by atomic mass is 9.90. The predicted octanol–water partition coefficient (Wildman–Crippen LogP) is 2.56. The Morgan fingerprint density at radius 1 is 1.32 bits per heavy atom. The lowest BCUT2D eigenvalue weighted by molar-refractivity contribution is 0.0241. The molecule has 0 heterocycles. The molecule has 0 aromatic rings. The number of nitrogens with one attached hydrogen (secondary N) is 1. The molecular formula is C13H27NO4Si. The Kier molecular flexibility index (Phi) is 5.03. The maximum absolute atomic E-state index is 10.8. The molecule has 1 amide bonds. The van der Waals surface area contributed by atoms with Gasteiger partial charge >= 0.3 is 6.09 Å². The van der Waals surface area contributed by atoms with Crippen molar-refractivity contribution in [3.63, 3.8) is 0 Å². The number of carbonyl (C=O) groups is 1. The van der Waals surface area contributed by atoms with E-state index >= 15 is 0 Å². The first-order valence-electron chi connectivity index (χ1n) is 6.88. The number of hydrogen-bond donors (Lipinski definition) is 3. The molecule has 0 aromatic heterocycles. The molecule has 6 heteroatoms. The van der Waals surface area contributed by atoms with Crippen molar-refractivity contribution in [2.45, 2.75) is 76.4 Å². The first kappa shape index (κ1) is 16.5. The maximum Gasteiger partial charge on any atom is 0.404 e. The Hall–Kier alpha value is -0.593. The van der Waals surface area contributed by atoms with Gasteiger partial charge in [0.2, 0.25) is 0 Å². The standard InChI is InChI=1S/C13H27NO4Si/c1-13(2,3)19(4,5)18-11-8-9(15)6-7-10(11)14-12(16)17/h9-11,14-15H,6-8H2,1-5H3,(H,16,17)/t9-,10+,11+/m0/s1. The van der Waals surface area contributed by atoms with Gasteiger partial charge in [0.25, 0.3) is 0 Å². The van der Waals surface area contributed by atoms with Crippen LogP contribution in [0.2, 0.25) is 18.1 Å². The summed E-state index contributed by atoms with van der Waals surface area (Å²) in [6, 6.07) is -0.213. The van der Waals surface area contributed by atoms with E-state index in [4.69, 9.17) is 9.53 Å². The Balaban J connectivity index is 2.77. The van der Waals surface area contributed by atoms with Crippen LogP contribution in [-0.4, -0.2) is 42.9 Å². The molecule has 1 aliphatic rings. The average molecular weight is 289 g/mol. The van der Waals surface area contributed by atoms with Crippen LogP contribution in [0.15, 0.2) is 0 Å². The smallest absolute Gasteiger partial charge is 0.404 e. The van der Waals surface area contributed by atoms with E-state index in [1.54, 1.807) is 0 Å². The molecule has 1 rings (SSSR count). The summed E-state index contributed by atoms with van der Waals surface area (Å²) in [7, 11) is -1.96. The predicted molar refractivity (Wildman–Crippen MR) is 76.9 cm³/mol. The van der Waals surface area contributed by atoms with Gasteiger partial charge in [-0.25, -0.2) is 4.79 Å². The molecule has 0 aliphatic heterocycles.